The zero-order chi connectivity index (χ0) is 13.1. The first-order chi connectivity index (χ1) is 7.86. The number of rotatable bonds is 4. The van der Waals surface area contributed by atoms with Gasteiger partial charge in [0.1, 0.15) is 0 Å². The second kappa shape index (κ2) is 5.83. The van der Waals surface area contributed by atoms with Gasteiger partial charge in [0.2, 0.25) is 5.91 Å². The predicted molar refractivity (Wildman–Crippen MR) is 71.0 cm³/mol. The van der Waals surface area contributed by atoms with Crippen LogP contribution in [0.15, 0.2) is 0 Å². The molecule has 0 bridgehead atoms. The van der Waals surface area contributed by atoms with Crippen LogP contribution in [0.2, 0.25) is 0 Å². The molecule has 4 heteroatoms. The number of nitrogens with zero attached hydrogens (tertiary/aromatic N) is 1. The fraction of sp³-hybridized carbons (Fsp3) is 0.923. The Kier molecular flexibility index (Phi) is 4.95. The fourth-order valence-electron chi connectivity index (χ4n) is 2.29. The van der Waals surface area contributed by atoms with E-state index in [4.69, 9.17) is 0 Å². The number of hydrogen-bond donors (Lipinski definition) is 2. The summed E-state index contributed by atoms with van der Waals surface area (Å²) in [6.45, 7) is 8.11. The van der Waals surface area contributed by atoms with Crippen molar-refractivity contribution < 1.29 is 4.79 Å². The molecule has 2 N–H and O–H groups in total. The molecule has 0 spiro atoms. The van der Waals surface area contributed by atoms with E-state index in [1.54, 1.807) is 7.05 Å². The van der Waals surface area contributed by atoms with E-state index < -0.39 is 0 Å². The van der Waals surface area contributed by atoms with Gasteiger partial charge in [0, 0.05) is 25.7 Å². The monoisotopic (exact) mass is 241 g/mol. The fourth-order valence-corrected chi connectivity index (χ4v) is 2.29. The van der Waals surface area contributed by atoms with E-state index in [2.05, 4.69) is 29.5 Å². The van der Waals surface area contributed by atoms with Gasteiger partial charge in [-0.2, -0.15) is 0 Å². The van der Waals surface area contributed by atoms with Crippen molar-refractivity contribution in [2.24, 2.45) is 5.41 Å². The summed E-state index contributed by atoms with van der Waals surface area (Å²) < 4.78 is 0. The SMILES string of the molecule is CNC(=O)C(C)(C)CNC1CCN(C)C(C)C1. The highest BCUT2D eigenvalue weighted by Gasteiger charge is 2.29. The standard InChI is InChI=1S/C13H27N3O/c1-10-8-11(6-7-16(10)5)15-9-13(2,3)12(17)14-4/h10-11,15H,6-9H2,1-5H3,(H,14,17). The number of carbonyl (C=O) groups excluding carboxylic acids is 1. The maximum atomic E-state index is 11.7. The van der Waals surface area contributed by atoms with Gasteiger partial charge in [0.05, 0.1) is 5.41 Å². The smallest absolute Gasteiger partial charge is 0.226 e. The van der Waals surface area contributed by atoms with Crippen molar-refractivity contribution in [2.75, 3.05) is 27.2 Å². The molecule has 17 heavy (non-hydrogen) atoms. The van der Waals surface area contributed by atoms with E-state index in [0.717, 1.165) is 13.1 Å². The molecule has 1 rings (SSSR count). The van der Waals surface area contributed by atoms with Crippen molar-refractivity contribution >= 4 is 5.91 Å². The van der Waals surface area contributed by atoms with E-state index in [0.29, 0.717) is 12.1 Å². The third-order valence-electron chi connectivity index (χ3n) is 3.88. The molecule has 0 aromatic carbocycles. The summed E-state index contributed by atoms with van der Waals surface area (Å²) in [4.78, 5) is 14.1. The first-order valence-electron chi connectivity index (χ1n) is 6.52. The molecule has 2 unspecified atom stereocenters. The van der Waals surface area contributed by atoms with Gasteiger partial charge in [-0.1, -0.05) is 0 Å². The van der Waals surface area contributed by atoms with E-state index in [1.165, 1.54) is 12.8 Å². The minimum absolute atomic E-state index is 0.103. The minimum Gasteiger partial charge on any atom is -0.359 e. The lowest BCUT2D eigenvalue weighted by atomic mass is 9.90. The molecule has 0 saturated carbocycles. The highest BCUT2D eigenvalue weighted by atomic mass is 16.2. The lowest BCUT2D eigenvalue weighted by molar-refractivity contribution is -0.128. The molecule has 1 fully saturated rings. The molecule has 2 atom stereocenters. The number of hydrogen-bond acceptors (Lipinski definition) is 3. The second-order valence-corrected chi connectivity index (χ2v) is 5.89. The van der Waals surface area contributed by atoms with Crippen LogP contribution in [0.25, 0.3) is 0 Å². The summed E-state index contributed by atoms with van der Waals surface area (Å²) in [5.74, 6) is 0.103. The normalized spacial score (nSPS) is 26.9. The van der Waals surface area contributed by atoms with Gasteiger partial charge in [0.25, 0.3) is 0 Å². The third-order valence-corrected chi connectivity index (χ3v) is 3.88. The number of carbonyl (C=O) groups is 1. The van der Waals surface area contributed by atoms with Crippen molar-refractivity contribution in [1.82, 2.24) is 15.5 Å². The van der Waals surface area contributed by atoms with Crippen molar-refractivity contribution in [2.45, 2.75) is 45.7 Å². The van der Waals surface area contributed by atoms with Crippen molar-refractivity contribution in [3.05, 3.63) is 0 Å². The van der Waals surface area contributed by atoms with Crippen LogP contribution < -0.4 is 10.6 Å². The Hall–Kier alpha value is -0.610. The second-order valence-electron chi connectivity index (χ2n) is 5.89. The lowest BCUT2D eigenvalue weighted by Gasteiger charge is -2.36. The summed E-state index contributed by atoms with van der Waals surface area (Å²) in [6, 6.07) is 1.18. The minimum atomic E-state index is -0.332. The van der Waals surface area contributed by atoms with Crippen LogP contribution in [-0.4, -0.2) is 50.1 Å². The van der Waals surface area contributed by atoms with Crippen LogP contribution in [0, 0.1) is 5.41 Å². The predicted octanol–water partition coefficient (Wildman–Crippen LogP) is 0.831. The number of piperidine rings is 1. The van der Waals surface area contributed by atoms with E-state index >= 15 is 0 Å². The van der Waals surface area contributed by atoms with E-state index in [1.807, 2.05) is 13.8 Å². The average molecular weight is 241 g/mol. The van der Waals surface area contributed by atoms with Crippen molar-refractivity contribution in [1.29, 1.82) is 0 Å². The van der Waals surface area contributed by atoms with Gasteiger partial charge in [-0.15, -0.1) is 0 Å². The highest BCUT2D eigenvalue weighted by molar-refractivity contribution is 5.81. The molecule has 4 nitrogen and oxygen atoms in total. The average Bonchev–Trinajstić information content (AvgIpc) is 2.29. The largest absolute Gasteiger partial charge is 0.359 e. The maximum absolute atomic E-state index is 11.7. The molecule has 1 saturated heterocycles. The molecular weight excluding hydrogens is 214 g/mol. The zero-order valence-electron chi connectivity index (χ0n) is 11.8. The zero-order valence-corrected chi connectivity index (χ0v) is 11.8. The van der Waals surface area contributed by atoms with Gasteiger partial charge in [-0.25, -0.2) is 0 Å². The Bertz CT molecular complexity index is 265. The van der Waals surface area contributed by atoms with Crippen LogP contribution in [-0.2, 0) is 4.79 Å². The Balaban J connectivity index is 2.38. The molecule has 0 aliphatic carbocycles. The molecule has 0 radical (unpaired) electrons. The summed E-state index contributed by atoms with van der Waals surface area (Å²) >= 11 is 0. The van der Waals surface area contributed by atoms with E-state index in [-0.39, 0.29) is 11.3 Å². The Morgan fingerprint density at radius 1 is 1.47 bits per heavy atom. The van der Waals surface area contributed by atoms with Gasteiger partial charge in [0.15, 0.2) is 0 Å². The van der Waals surface area contributed by atoms with Crippen molar-refractivity contribution in [3.8, 4) is 0 Å². The summed E-state index contributed by atoms with van der Waals surface area (Å²) in [6.07, 6.45) is 2.34. The van der Waals surface area contributed by atoms with Crippen LogP contribution in [0.5, 0.6) is 0 Å². The van der Waals surface area contributed by atoms with E-state index in [9.17, 15) is 4.79 Å². The number of nitrogens with one attached hydrogen (secondary N) is 2. The maximum Gasteiger partial charge on any atom is 0.226 e. The quantitative estimate of drug-likeness (QED) is 0.766. The van der Waals surface area contributed by atoms with Gasteiger partial charge in [-0.3, -0.25) is 4.79 Å². The lowest BCUT2D eigenvalue weighted by Crippen LogP contribution is -2.50. The van der Waals surface area contributed by atoms with Gasteiger partial charge >= 0.3 is 0 Å². The molecule has 1 aliphatic heterocycles. The molecule has 1 aliphatic rings. The first-order valence-corrected chi connectivity index (χ1v) is 6.52. The van der Waals surface area contributed by atoms with Crippen molar-refractivity contribution in [3.63, 3.8) is 0 Å². The van der Waals surface area contributed by atoms with Gasteiger partial charge < -0.3 is 15.5 Å². The van der Waals surface area contributed by atoms with Crippen LogP contribution >= 0.6 is 0 Å². The van der Waals surface area contributed by atoms with Crippen LogP contribution in [0.1, 0.15) is 33.6 Å². The number of amides is 1. The summed E-state index contributed by atoms with van der Waals surface area (Å²) in [5.41, 5.74) is -0.332. The molecule has 0 aromatic rings. The molecule has 1 amide bonds. The molecule has 0 aromatic heterocycles. The topological polar surface area (TPSA) is 44.4 Å². The third kappa shape index (κ3) is 3.96. The van der Waals surface area contributed by atoms with Crippen LogP contribution in [0.4, 0.5) is 0 Å². The molecule has 1 heterocycles. The molecule has 100 valence electrons. The summed E-state index contributed by atoms with van der Waals surface area (Å²) in [7, 11) is 3.87. The van der Waals surface area contributed by atoms with Crippen LogP contribution in [0.3, 0.4) is 0 Å². The Labute approximate surface area is 105 Å². The Morgan fingerprint density at radius 2 is 2.12 bits per heavy atom. The van der Waals surface area contributed by atoms with Gasteiger partial charge in [-0.05, 0) is 47.2 Å². The highest BCUT2D eigenvalue weighted by Crippen LogP contribution is 2.18. The molecular formula is C13H27N3O. The summed E-state index contributed by atoms with van der Waals surface area (Å²) in [5, 5.41) is 6.26. The number of likely N-dealkylation sites (tertiary alicyclic amines) is 1. The Morgan fingerprint density at radius 3 is 2.65 bits per heavy atom. The first kappa shape index (κ1) is 14.5.